The van der Waals surface area contributed by atoms with Crippen molar-refractivity contribution in [1.82, 2.24) is 5.32 Å². The highest BCUT2D eigenvalue weighted by molar-refractivity contribution is 6.30. The van der Waals surface area contributed by atoms with E-state index in [2.05, 4.69) is 5.32 Å². The minimum Gasteiger partial charge on any atom is -0.482 e. The van der Waals surface area contributed by atoms with Crippen molar-refractivity contribution < 1.29 is 23.9 Å². The number of hydrogen-bond acceptors (Lipinski definition) is 5. The van der Waals surface area contributed by atoms with Crippen LogP contribution in [-0.4, -0.2) is 37.4 Å². The molecule has 28 heavy (non-hydrogen) atoms. The molecule has 2 aromatic rings. The lowest BCUT2D eigenvalue weighted by Crippen LogP contribution is -2.31. The number of hydrogen-bond donors (Lipinski definition) is 1. The van der Waals surface area contributed by atoms with Crippen molar-refractivity contribution >= 4 is 29.3 Å². The molecule has 0 aliphatic carbocycles. The maximum atomic E-state index is 11.7. The molecule has 2 rings (SSSR count). The predicted molar refractivity (Wildman–Crippen MR) is 106 cm³/mol. The first-order chi connectivity index (χ1) is 13.5. The van der Waals surface area contributed by atoms with E-state index < -0.39 is 5.97 Å². The summed E-state index contributed by atoms with van der Waals surface area (Å²) >= 11 is 5.82. The number of carbonyl (C=O) groups excluding carboxylic acids is 3. The van der Waals surface area contributed by atoms with Crippen molar-refractivity contribution in [2.45, 2.75) is 19.8 Å². The number of Topliss-reactive ketones (excluding diaryl/α,β-unsaturated/α-hetero) is 1. The van der Waals surface area contributed by atoms with Crippen LogP contribution in [0.3, 0.4) is 0 Å². The summed E-state index contributed by atoms with van der Waals surface area (Å²) in [5.74, 6) is -0.559. The summed E-state index contributed by atoms with van der Waals surface area (Å²) in [5, 5.41) is 3.33. The van der Waals surface area contributed by atoms with Crippen LogP contribution in [0.1, 0.15) is 29.3 Å². The summed E-state index contributed by atoms with van der Waals surface area (Å²) < 4.78 is 10.2. The predicted octanol–water partition coefficient (Wildman–Crippen LogP) is 3.21. The Labute approximate surface area is 168 Å². The minimum atomic E-state index is -0.651. The van der Waals surface area contributed by atoms with E-state index in [1.54, 1.807) is 43.3 Å². The molecule has 7 heteroatoms. The largest absolute Gasteiger partial charge is 0.482 e. The summed E-state index contributed by atoms with van der Waals surface area (Å²) in [6.07, 6.45) is 1.07. The molecular formula is C21H22ClNO5. The molecule has 0 aliphatic heterocycles. The van der Waals surface area contributed by atoms with Gasteiger partial charge in [-0.1, -0.05) is 30.7 Å². The topological polar surface area (TPSA) is 81.7 Å². The number of benzene rings is 2. The van der Waals surface area contributed by atoms with Crippen molar-refractivity contribution in [2.75, 3.05) is 19.8 Å². The van der Waals surface area contributed by atoms with E-state index in [4.69, 9.17) is 21.1 Å². The quantitative estimate of drug-likeness (QED) is 0.486. The Balaban J connectivity index is 1.62. The number of ether oxygens (including phenoxy) is 2. The van der Waals surface area contributed by atoms with Crippen molar-refractivity contribution in [3.8, 4) is 5.75 Å². The molecular weight excluding hydrogens is 382 g/mol. The van der Waals surface area contributed by atoms with Gasteiger partial charge in [0.1, 0.15) is 5.75 Å². The van der Waals surface area contributed by atoms with Crippen LogP contribution in [0.25, 0.3) is 0 Å². The normalized spacial score (nSPS) is 10.2. The second-order valence-electron chi connectivity index (χ2n) is 5.98. The number of carbonyl (C=O) groups is 3. The van der Waals surface area contributed by atoms with Gasteiger partial charge in [-0.3, -0.25) is 9.59 Å². The molecule has 2 aromatic carbocycles. The van der Waals surface area contributed by atoms with Gasteiger partial charge in [-0.15, -0.1) is 0 Å². The summed E-state index contributed by atoms with van der Waals surface area (Å²) in [6.45, 7) is 1.53. The Morgan fingerprint density at radius 3 is 2.29 bits per heavy atom. The van der Waals surface area contributed by atoms with Crippen molar-refractivity contribution in [3.63, 3.8) is 0 Å². The number of halogens is 1. The van der Waals surface area contributed by atoms with Crippen LogP contribution in [0.2, 0.25) is 5.02 Å². The molecule has 0 bridgehead atoms. The second kappa shape index (κ2) is 11.1. The Kier molecular flexibility index (Phi) is 8.49. The Morgan fingerprint density at radius 2 is 1.64 bits per heavy atom. The molecule has 1 N–H and O–H groups in total. The van der Waals surface area contributed by atoms with Gasteiger partial charge in [0.2, 0.25) is 0 Å². The van der Waals surface area contributed by atoms with Gasteiger partial charge in [-0.25, -0.2) is 4.79 Å². The lowest BCUT2D eigenvalue weighted by atomic mass is 10.1. The Bertz CT molecular complexity index is 803. The third-order valence-corrected chi connectivity index (χ3v) is 4.12. The molecule has 0 radical (unpaired) electrons. The third kappa shape index (κ3) is 7.40. The number of rotatable bonds is 10. The van der Waals surface area contributed by atoms with Crippen LogP contribution in [0.15, 0.2) is 48.5 Å². The lowest BCUT2D eigenvalue weighted by Gasteiger charge is -2.08. The average Bonchev–Trinajstić information content (AvgIpc) is 2.72. The minimum absolute atomic E-state index is 0.0352. The molecule has 0 unspecified atom stereocenters. The zero-order chi connectivity index (χ0) is 20.4. The molecule has 1 amide bonds. The fraction of sp³-hybridized carbons (Fsp3) is 0.286. The number of amides is 1. The van der Waals surface area contributed by atoms with E-state index >= 15 is 0 Å². The Hall–Kier alpha value is -2.86. The van der Waals surface area contributed by atoms with Crippen LogP contribution in [0, 0.1) is 0 Å². The standard InChI is InChI=1S/C21H22ClNO5/c1-2-19(24)16-5-9-18(10-6-16)27-14-21(26)28-13-20(25)23-12-11-15-3-7-17(22)8-4-15/h3-10H,2,11-14H2,1H3,(H,23,25). The zero-order valence-electron chi connectivity index (χ0n) is 15.6. The fourth-order valence-electron chi connectivity index (χ4n) is 2.32. The molecule has 0 aromatic heterocycles. The lowest BCUT2D eigenvalue weighted by molar-refractivity contribution is -0.150. The van der Waals surface area contributed by atoms with Gasteiger partial charge in [0.15, 0.2) is 19.0 Å². The first-order valence-electron chi connectivity index (χ1n) is 8.90. The SMILES string of the molecule is CCC(=O)c1ccc(OCC(=O)OCC(=O)NCCc2ccc(Cl)cc2)cc1. The van der Waals surface area contributed by atoms with Crippen molar-refractivity contribution in [3.05, 3.63) is 64.7 Å². The van der Waals surface area contributed by atoms with E-state index in [-0.39, 0.29) is 24.9 Å². The smallest absolute Gasteiger partial charge is 0.344 e. The van der Waals surface area contributed by atoms with Gasteiger partial charge in [0, 0.05) is 23.6 Å². The third-order valence-electron chi connectivity index (χ3n) is 3.87. The van der Waals surface area contributed by atoms with Crippen LogP contribution in [0.4, 0.5) is 0 Å². The van der Waals surface area contributed by atoms with E-state index in [1.165, 1.54) is 0 Å². The second-order valence-corrected chi connectivity index (χ2v) is 6.41. The summed E-state index contributed by atoms with van der Waals surface area (Å²) in [5.41, 5.74) is 1.63. The highest BCUT2D eigenvalue weighted by atomic mass is 35.5. The van der Waals surface area contributed by atoms with Gasteiger partial charge in [0.05, 0.1) is 0 Å². The van der Waals surface area contributed by atoms with Crippen LogP contribution >= 0.6 is 11.6 Å². The monoisotopic (exact) mass is 403 g/mol. The number of ketones is 1. The van der Waals surface area contributed by atoms with Gasteiger partial charge < -0.3 is 14.8 Å². The molecule has 0 aliphatic rings. The molecule has 148 valence electrons. The molecule has 0 spiro atoms. The Morgan fingerprint density at radius 1 is 0.964 bits per heavy atom. The summed E-state index contributed by atoms with van der Waals surface area (Å²) in [4.78, 5) is 34.9. The summed E-state index contributed by atoms with van der Waals surface area (Å²) in [7, 11) is 0. The number of nitrogens with one attached hydrogen (secondary N) is 1. The van der Waals surface area contributed by atoms with E-state index in [9.17, 15) is 14.4 Å². The molecule has 6 nitrogen and oxygen atoms in total. The van der Waals surface area contributed by atoms with E-state index in [0.717, 1.165) is 5.56 Å². The van der Waals surface area contributed by atoms with Gasteiger partial charge in [-0.05, 0) is 48.4 Å². The molecule has 0 saturated heterocycles. The first-order valence-corrected chi connectivity index (χ1v) is 9.28. The first kappa shape index (κ1) is 21.4. The van der Waals surface area contributed by atoms with Gasteiger partial charge in [-0.2, -0.15) is 0 Å². The highest BCUT2D eigenvalue weighted by Gasteiger charge is 2.09. The molecule has 0 heterocycles. The van der Waals surface area contributed by atoms with Crippen molar-refractivity contribution in [1.29, 1.82) is 0 Å². The highest BCUT2D eigenvalue weighted by Crippen LogP contribution is 2.13. The number of esters is 1. The maximum Gasteiger partial charge on any atom is 0.344 e. The van der Waals surface area contributed by atoms with E-state index in [1.807, 2.05) is 12.1 Å². The zero-order valence-corrected chi connectivity index (χ0v) is 16.3. The van der Waals surface area contributed by atoms with Crippen molar-refractivity contribution in [2.24, 2.45) is 0 Å². The molecule has 0 saturated carbocycles. The van der Waals surface area contributed by atoms with Gasteiger partial charge in [0.25, 0.3) is 5.91 Å². The summed E-state index contributed by atoms with van der Waals surface area (Å²) in [6, 6.07) is 13.8. The fourth-order valence-corrected chi connectivity index (χ4v) is 2.45. The maximum absolute atomic E-state index is 11.7. The van der Waals surface area contributed by atoms with Crippen LogP contribution in [-0.2, 0) is 20.7 Å². The van der Waals surface area contributed by atoms with E-state index in [0.29, 0.717) is 35.7 Å². The van der Waals surface area contributed by atoms with Crippen LogP contribution < -0.4 is 10.1 Å². The van der Waals surface area contributed by atoms with Crippen LogP contribution in [0.5, 0.6) is 5.75 Å². The average molecular weight is 404 g/mol. The van der Waals surface area contributed by atoms with Gasteiger partial charge >= 0.3 is 5.97 Å². The molecule has 0 atom stereocenters. The molecule has 0 fully saturated rings.